The second kappa shape index (κ2) is 7.72. The molecule has 0 atom stereocenters. The fourth-order valence-corrected chi connectivity index (χ4v) is 4.79. The van der Waals surface area contributed by atoms with Gasteiger partial charge in [-0.25, -0.2) is 8.42 Å². The number of rotatable bonds is 4. The molecule has 0 saturated carbocycles. The Morgan fingerprint density at radius 2 is 1.48 bits per heavy atom. The van der Waals surface area contributed by atoms with Crippen LogP contribution in [0.4, 0.5) is 5.69 Å². The molecule has 27 heavy (non-hydrogen) atoms. The van der Waals surface area contributed by atoms with Gasteiger partial charge in [0.2, 0.25) is 0 Å². The Morgan fingerprint density at radius 1 is 0.926 bits per heavy atom. The van der Waals surface area contributed by atoms with E-state index in [0.717, 1.165) is 49.0 Å². The van der Waals surface area contributed by atoms with Gasteiger partial charge in [-0.3, -0.25) is 9.52 Å². The quantitative estimate of drug-likeness (QED) is 0.862. The highest BCUT2D eigenvalue weighted by molar-refractivity contribution is 7.92. The summed E-state index contributed by atoms with van der Waals surface area (Å²) in [7, 11) is -3.71. The molecule has 0 spiro atoms. The molecule has 1 aliphatic rings. The van der Waals surface area contributed by atoms with Gasteiger partial charge >= 0.3 is 0 Å². The molecular formula is C21H26N2O3S. The first kappa shape index (κ1) is 19.4. The Bertz CT molecular complexity index is 921. The highest BCUT2D eigenvalue weighted by Gasteiger charge is 2.20. The molecular weight excluding hydrogens is 360 g/mol. The molecule has 0 aliphatic carbocycles. The van der Waals surface area contributed by atoms with Gasteiger partial charge in [0.1, 0.15) is 0 Å². The number of likely N-dealkylation sites (tertiary alicyclic amines) is 1. The molecule has 1 saturated heterocycles. The summed E-state index contributed by atoms with van der Waals surface area (Å²) in [4.78, 5) is 14.5. The molecule has 3 rings (SSSR count). The summed E-state index contributed by atoms with van der Waals surface area (Å²) < 4.78 is 28.2. The largest absolute Gasteiger partial charge is 0.339 e. The SMILES string of the molecule is Cc1cc(C)c(NS(=O)(=O)c2ccc(C(=O)N3CCCCC3)cc2)c(C)c1. The van der Waals surface area contributed by atoms with Crippen molar-refractivity contribution in [2.75, 3.05) is 17.8 Å². The number of amides is 1. The lowest BCUT2D eigenvalue weighted by molar-refractivity contribution is 0.0724. The fourth-order valence-electron chi connectivity index (χ4n) is 3.59. The van der Waals surface area contributed by atoms with E-state index in [0.29, 0.717) is 11.3 Å². The van der Waals surface area contributed by atoms with Crippen LogP contribution in [0.25, 0.3) is 0 Å². The van der Waals surface area contributed by atoms with Gasteiger partial charge in [-0.2, -0.15) is 0 Å². The Labute approximate surface area is 161 Å². The van der Waals surface area contributed by atoms with Gasteiger partial charge in [0, 0.05) is 18.7 Å². The average Bonchev–Trinajstić information content (AvgIpc) is 2.65. The van der Waals surface area contributed by atoms with Crippen molar-refractivity contribution in [3.8, 4) is 0 Å². The molecule has 0 unspecified atom stereocenters. The molecule has 1 aliphatic heterocycles. The Kier molecular flexibility index (Phi) is 5.56. The van der Waals surface area contributed by atoms with Crippen molar-refractivity contribution in [2.24, 2.45) is 0 Å². The third-order valence-electron chi connectivity index (χ3n) is 4.97. The van der Waals surface area contributed by atoms with Crippen LogP contribution in [-0.4, -0.2) is 32.3 Å². The molecule has 0 aromatic heterocycles. The van der Waals surface area contributed by atoms with Crippen LogP contribution in [-0.2, 0) is 10.0 Å². The topological polar surface area (TPSA) is 66.5 Å². The van der Waals surface area contributed by atoms with E-state index in [4.69, 9.17) is 0 Å². The van der Waals surface area contributed by atoms with Crippen molar-refractivity contribution in [3.05, 3.63) is 58.7 Å². The zero-order valence-corrected chi connectivity index (χ0v) is 16.9. The third kappa shape index (κ3) is 4.33. The number of carbonyl (C=O) groups excluding carboxylic acids is 1. The molecule has 2 aromatic carbocycles. The number of nitrogens with zero attached hydrogens (tertiary/aromatic N) is 1. The molecule has 6 heteroatoms. The molecule has 5 nitrogen and oxygen atoms in total. The van der Waals surface area contributed by atoms with Gasteiger partial charge < -0.3 is 4.90 Å². The van der Waals surface area contributed by atoms with E-state index in [-0.39, 0.29) is 10.8 Å². The smallest absolute Gasteiger partial charge is 0.261 e. The lowest BCUT2D eigenvalue weighted by Crippen LogP contribution is -2.35. The summed E-state index contributed by atoms with van der Waals surface area (Å²) in [6.07, 6.45) is 3.21. The highest BCUT2D eigenvalue weighted by Crippen LogP contribution is 2.25. The lowest BCUT2D eigenvalue weighted by atomic mass is 10.1. The van der Waals surface area contributed by atoms with Crippen LogP contribution in [0.2, 0.25) is 0 Å². The van der Waals surface area contributed by atoms with Crippen molar-refractivity contribution in [2.45, 2.75) is 44.9 Å². The fraction of sp³-hybridized carbons (Fsp3) is 0.381. The third-order valence-corrected chi connectivity index (χ3v) is 6.33. The number of piperidine rings is 1. The van der Waals surface area contributed by atoms with Crippen LogP contribution in [0.5, 0.6) is 0 Å². The summed E-state index contributed by atoms with van der Waals surface area (Å²) in [6.45, 7) is 7.30. The molecule has 1 fully saturated rings. The minimum absolute atomic E-state index is 0.0307. The molecule has 1 N–H and O–H groups in total. The van der Waals surface area contributed by atoms with Gasteiger partial charge in [0.15, 0.2) is 0 Å². The second-order valence-electron chi connectivity index (χ2n) is 7.26. The van der Waals surface area contributed by atoms with Crippen molar-refractivity contribution < 1.29 is 13.2 Å². The molecule has 2 aromatic rings. The van der Waals surface area contributed by atoms with Gasteiger partial charge in [0.25, 0.3) is 15.9 Å². The Hall–Kier alpha value is -2.34. The molecule has 144 valence electrons. The normalized spacial score (nSPS) is 14.9. The minimum atomic E-state index is -3.71. The highest BCUT2D eigenvalue weighted by atomic mass is 32.2. The van der Waals surface area contributed by atoms with E-state index < -0.39 is 10.0 Å². The van der Waals surface area contributed by atoms with Gasteiger partial charge in [-0.1, -0.05) is 17.7 Å². The van der Waals surface area contributed by atoms with Crippen molar-refractivity contribution in [3.63, 3.8) is 0 Å². The number of carbonyl (C=O) groups is 1. The van der Waals surface area contributed by atoms with E-state index in [1.165, 1.54) is 12.1 Å². The summed E-state index contributed by atoms with van der Waals surface area (Å²) >= 11 is 0. The van der Waals surface area contributed by atoms with Crippen LogP contribution >= 0.6 is 0 Å². The first-order valence-electron chi connectivity index (χ1n) is 9.28. The maximum absolute atomic E-state index is 12.8. The van der Waals surface area contributed by atoms with Crippen molar-refractivity contribution in [1.82, 2.24) is 4.90 Å². The van der Waals surface area contributed by atoms with Crippen LogP contribution in [0, 0.1) is 20.8 Å². The zero-order chi connectivity index (χ0) is 19.6. The predicted octanol–water partition coefficient (Wildman–Crippen LogP) is 4.04. The van der Waals surface area contributed by atoms with Gasteiger partial charge in [-0.05, 0) is 75.4 Å². The Balaban J connectivity index is 1.80. The number of aryl methyl sites for hydroxylation is 3. The number of nitrogens with one attached hydrogen (secondary N) is 1. The van der Waals surface area contributed by atoms with Crippen LogP contribution in [0.3, 0.4) is 0 Å². The van der Waals surface area contributed by atoms with E-state index in [9.17, 15) is 13.2 Å². The van der Waals surface area contributed by atoms with E-state index >= 15 is 0 Å². The summed E-state index contributed by atoms with van der Waals surface area (Å²) in [5.41, 5.74) is 3.99. The van der Waals surface area contributed by atoms with E-state index in [1.807, 2.05) is 37.8 Å². The van der Waals surface area contributed by atoms with Crippen LogP contribution < -0.4 is 4.72 Å². The molecule has 0 bridgehead atoms. The first-order valence-corrected chi connectivity index (χ1v) is 10.8. The second-order valence-corrected chi connectivity index (χ2v) is 8.94. The Morgan fingerprint density at radius 3 is 2.04 bits per heavy atom. The summed E-state index contributed by atoms with van der Waals surface area (Å²) in [5, 5.41) is 0. The maximum Gasteiger partial charge on any atom is 0.261 e. The number of benzene rings is 2. The van der Waals surface area contributed by atoms with Crippen molar-refractivity contribution in [1.29, 1.82) is 0 Å². The molecule has 0 radical (unpaired) electrons. The van der Waals surface area contributed by atoms with Crippen LogP contribution in [0.1, 0.15) is 46.3 Å². The number of hydrogen-bond donors (Lipinski definition) is 1. The van der Waals surface area contributed by atoms with Crippen molar-refractivity contribution >= 4 is 21.6 Å². The lowest BCUT2D eigenvalue weighted by Gasteiger charge is -2.26. The van der Waals surface area contributed by atoms with Crippen LogP contribution in [0.15, 0.2) is 41.3 Å². The maximum atomic E-state index is 12.8. The number of sulfonamides is 1. The average molecular weight is 387 g/mol. The first-order chi connectivity index (χ1) is 12.8. The standard InChI is InChI=1S/C21H26N2O3S/c1-15-13-16(2)20(17(3)14-15)22-27(25,26)19-9-7-18(8-10-19)21(24)23-11-5-4-6-12-23/h7-10,13-14,22H,4-6,11-12H2,1-3H3. The molecule has 1 amide bonds. The minimum Gasteiger partial charge on any atom is -0.339 e. The number of anilines is 1. The molecule has 1 heterocycles. The zero-order valence-electron chi connectivity index (χ0n) is 16.1. The monoisotopic (exact) mass is 386 g/mol. The summed E-state index contributed by atoms with van der Waals surface area (Å²) in [6, 6.07) is 10.1. The summed E-state index contributed by atoms with van der Waals surface area (Å²) in [5.74, 6) is -0.0307. The predicted molar refractivity (Wildman–Crippen MR) is 108 cm³/mol. The number of hydrogen-bond acceptors (Lipinski definition) is 3. The van der Waals surface area contributed by atoms with E-state index in [1.54, 1.807) is 12.1 Å². The van der Waals surface area contributed by atoms with Gasteiger partial charge in [-0.15, -0.1) is 0 Å². The van der Waals surface area contributed by atoms with E-state index in [2.05, 4.69) is 4.72 Å². The van der Waals surface area contributed by atoms with Gasteiger partial charge in [0.05, 0.1) is 10.6 Å².